The van der Waals surface area contributed by atoms with Gasteiger partial charge in [-0.3, -0.25) is 9.69 Å². The van der Waals surface area contributed by atoms with Crippen molar-refractivity contribution in [3.63, 3.8) is 0 Å². The van der Waals surface area contributed by atoms with Crippen LogP contribution in [0.15, 0.2) is 24.3 Å². The minimum Gasteiger partial charge on any atom is -0.332 e. The van der Waals surface area contributed by atoms with Crippen molar-refractivity contribution in [1.29, 1.82) is 0 Å². The third-order valence-corrected chi connectivity index (χ3v) is 4.09. The Bertz CT molecular complexity index is 482. The van der Waals surface area contributed by atoms with E-state index in [-0.39, 0.29) is 5.91 Å². The van der Waals surface area contributed by atoms with E-state index in [2.05, 4.69) is 5.32 Å². The number of carbonyl (C=O) groups excluding carboxylic acids is 1. The van der Waals surface area contributed by atoms with Gasteiger partial charge >= 0.3 is 0 Å². The number of benzene rings is 1. The summed E-state index contributed by atoms with van der Waals surface area (Å²) in [6, 6.07) is 7.36. The maximum atomic E-state index is 12.4. The Hall–Kier alpha value is -0.480. The average Bonchev–Trinajstić information content (AvgIpc) is 2.88. The molecule has 0 aliphatic carbocycles. The summed E-state index contributed by atoms with van der Waals surface area (Å²) in [5, 5.41) is 2.85. The number of alkyl halides is 3. The van der Waals surface area contributed by atoms with Crippen molar-refractivity contribution >= 4 is 40.7 Å². The van der Waals surface area contributed by atoms with Gasteiger partial charge in [0.15, 0.2) is 0 Å². The van der Waals surface area contributed by atoms with Crippen molar-refractivity contribution in [1.82, 2.24) is 10.2 Å². The Morgan fingerprint density at radius 2 is 1.85 bits per heavy atom. The summed E-state index contributed by atoms with van der Waals surface area (Å²) in [6.07, 6.45) is 1.50. The molecule has 1 atom stereocenters. The quantitative estimate of drug-likeness (QED) is 0.857. The Kier molecular flexibility index (Phi) is 5.19. The molecule has 1 aromatic carbocycles. The Morgan fingerprint density at radius 3 is 2.40 bits per heavy atom. The maximum absolute atomic E-state index is 12.4. The number of hydrogen-bond donors (Lipinski definition) is 1. The molecule has 110 valence electrons. The van der Waals surface area contributed by atoms with E-state index < -0.39 is 9.96 Å². The largest absolute Gasteiger partial charge is 0.332 e. The first kappa shape index (κ1) is 15.9. The average molecular weight is 336 g/mol. The fraction of sp³-hybridized carbons (Fsp3) is 0.500. The highest BCUT2D eigenvalue weighted by molar-refractivity contribution is 6.68. The molecule has 6 heteroatoms. The van der Waals surface area contributed by atoms with Crippen LogP contribution in [0.4, 0.5) is 0 Å². The predicted molar refractivity (Wildman–Crippen MR) is 83.5 cm³/mol. The van der Waals surface area contributed by atoms with Gasteiger partial charge in [-0.05, 0) is 31.4 Å². The van der Waals surface area contributed by atoms with Crippen LogP contribution in [-0.2, 0) is 0 Å². The minimum absolute atomic E-state index is 0.216. The molecule has 1 aliphatic rings. The summed E-state index contributed by atoms with van der Waals surface area (Å²) in [6.45, 7) is 3.54. The van der Waals surface area contributed by atoms with Crippen LogP contribution in [0.1, 0.15) is 28.8 Å². The van der Waals surface area contributed by atoms with Crippen LogP contribution in [0.2, 0.25) is 0 Å². The van der Waals surface area contributed by atoms with Gasteiger partial charge in [-0.1, -0.05) is 53.0 Å². The first-order valence-corrected chi connectivity index (χ1v) is 7.70. The standard InChI is InChI=1S/C14H17Cl3N2O/c1-10-6-2-3-7-11(10)12(20)18-13(14(15,16)17)19-8-4-5-9-19/h2-3,6-7,13H,4-5,8-9H2,1H3,(H,18,20). The highest BCUT2D eigenvalue weighted by Crippen LogP contribution is 2.33. The second-order valence-electron chi connectivity index (χ2n) is 4.98. The lowest BCUT2D eigenvalue weighted by atomic mass is 10.1. The molecule has 0 aromatic heterocycles. The van der Waals surface area contributed by atoms with Gasteiger partial charge in [0, 0.05) is 18.7 Å². The Morgan fingerprint density at radius 1 is 1.25 bits per heavy atom. The van der Waals surface area contributed by atoms with Crippen LogP contribution < -0.4 is 5.32 Å². The topological polar surface area (TPSA) is 32.3 Å². The lowest BCUT2D eigenvalue weighted by Gasteiger charge is -2.33. The number of likely N-dealkylation sites (tertiary alicyclic amines) is 1. The van der Waals surface area contributed by atoms with E-state index in [9.17, 15) is 4.79 Å². The molecule has 1 aromatic rings. The molecule has 0 radical (unpaired) electrons. The van der Waals surface area contributed by atoms with E-state index in [0.29, 0.717) is 5.56 Å². The van der Waals surface area contributed by atoms with E-state index in [0.717, 1.165) is 31.5 Å². The molecule has 0 saturated carbocycles. The summed E-state index contributed by atoms with van der Waals surface area (Å²) in [5.74, 6) is -0.216. The molecule has 2 rings (SSSR count). The lowest BCUT2D eigenvalue weighted by molar-refractivity contribution is 0.0873. The number of rotatable bonds is 3. The number of nitrogens with one attached hydrogen (secondary N) is 1. The van der Waals surface area contributed by atoms with Gasteiger partial charge in [0.1, 0.15) is 6.17 Å². The first-order chi connectivity index (χ1) is 9.39. The monoisotopic (exact) mass is 334 g/mol. The second kappa shape index (κ2) is 6.52. The summed E-state index contributed by atoms with van der Waals surface area (Å²) in [4.78, 5) is 14.4. The highest BCUT2D eigenvalue weighted by atomic mass is 35.6. The number of halogens is 3. The van der Waals surface area contributed by atoms with Gasteiger partial charge in [0.25, 0.3) is 5.91 Å². The van der Waals surface area contributed by atoms with Crippen molar-refractivity contribution in [2.75, 3.05) is 13.1 Å². The fourth-order valence-electron chi connectivity index (χ4n) is 2.41. The summed E-state index contributed by atoms with van der Waals surface area (Å²) in [7, 11) is 0. The molecule has 1 fully saturated rings. The number of carbonyl (C=O) groups is 1. The minimum atomic E-state index is -1.55. The van der Waals surface area contributed by atoms with E-state index in [4.69, 9.17) is 34.8 Å². The zero-order valence-corrected chi connectivity index (χ0v) is 13.5. The van der Waals surface area contributed by atoms with Crippen LogP contribution in [0, 0.1) is 6.92 Å². The summed E-state index contributed by atoms with van der Waals surface area (Å²) >= 11 is 18.1. The molecular formula is C14H17Cl3N2O. The molecule has 1 unspecified atom stereocenters. The van der Waals surface area contributed by atoms with Crippen molar-refractivity contribution < 1.29 is 4.79 Å². The van der Waals surface area contributed by atoms with E-state index in [1.807, 2.05) is 30.0 Å². The van der Waals surface area contributed by atoms with Gasteiger partial charge in [-0.15, -0.1) is 0 Å². The van der Waals surface area contributed by atoms with Gasteiger partial charge in [-0.25, -0.2) is 0 Å². The molecule has 1 saturated heterocycles. The first-order valence-electron chi connectivity index (χ1n) is 6.57. The van der Waals surface area contributed by atoms with Crippen molar-refractivity contribution in [2.24, 2.45) is 0 Å². The fourth-order valence-corrected chi connectivity index (χ4v) is 2.99. The third kappa shape index (κ3) is 3.79. The van der Waals surface area contributed by atoms with Crippen molar-refractivity contribution in [2.45, 2.75) is 29.7 Å². The molecule has 1 aliphatic heterocycles. The highest BCUT2D eigenvalue weighted by Gasteiger charge is 2.39. The number of aryl methyl sites for hydroxylation is 1. The summed E-state index contributed by atoms with van der Waals surface area (Å²) < 4.78 is -1.55. The third-order valence-electron chi connectivity index (χ3n) is 3.47. The number of amides is 1. The van der Waals surface area contributed by atoms with E-state index >= 15 is 0 Å². The van der Waals surface area contributed by atoms with Crippen LogP contribution in [-0.4, -0.2) is 33.9 Å². The zero-order chi connectivity index (χ0) is 14.8. The molecule has 1 amide bonds. The Balaban J connectivity index is 2.16. The van der Waals surface area contributed by atoms with Crippen LogP contribution in [0.3, 0.4) is 0 Å². The molecule has 1 N–H and O–H groups in total. The van der Waals surface area contributed by atoms with Gasteiger partial charge in [0.2, 0.25) is 3.79 Å². The lowest BCUT2D eigenvalue weighted by Crippen LogP contribution is -2.54. The molecule has 1 heterocycles. The summed E-state index contributed by atoms with van der Waals surface area (Å²) in [5.41, 5.74) is 1.50. The zero-order valence-electron chi connectivity index (χ0n) is 11.2. The number of nitrogens with zero attached hydrogens (tertiary/aromatic N) is 1. The van der Waals surface area contributed by atoms with Crippen LogP contribution in [0.25, 0.3) is 0 Å². The smallest absolute Gasteiger partial charge is 0.252 e. The van der Waals surface area contributed by atoms with Gasteiger partial charge in [0.05, 0.1) is 0 Å². The van der Waals surface area contributed by atoms with Crippen LogP contribution in [0.5, 0.6) is 0 Å². The number of hydrogen-bond acceptors (Lipinski definition) is 2. The van der Waals surface area contributed by atoms with Crippen molar-refractivity contribution in [3.8, 4) is 0 Å². The van der Waals surface area contributed by atoms with E-state index in [1.54, 1.807) is 6.07 Å². The Labute approximate surface area is 134 Å². The molecular weight excluding hydrogens is 319 g/mol. The molecule has 0 bridgehead atoms. The molecule has 20 heavy (non-hydrogen) atoms. The normalized spacial score (nSPS) is 18.0. The second-order valence-corrected chi connectivity index (χ2v) is 7.34. The van der Waals surface area contributed by atoms with Gasteiger partial charge < -0.3 is 5.32 Å². The van der Waals surface area contributed by atoms with Crippen LogP contribution >= 0.6 is 34.8 Å². The molecule has 0 spiro atoms. The van der Waals surface area contributed by atoms with Gasteiger partial charge in [-0.2, -0.15) is 0 Å². The molecule has 3 nitrogen and oxygen atoms in total. The SMILES string of the molecule is Cc1ccccc1C(=O)NC(N1CCCC1)C(Cl)(Cl)Cl. The predicted octanol–water partition coefficient (Wildman–Crippen LogP) is 3.52. The van der Waals surface area contributed by atoms with Crippen molar-refractivity contribution in [3.05, 3.63) is 35.4 Å². The maximum Gasteiger partial charge on any atom is 0.252 e. The van der Waals surface area contributed by atoms with E-state index in [1.165, 1.54) is 0 Å².